The minimum atomic E-state index is -5.08. The maximum absolute atomic E-state index is 12.9. The van der Waals surface area contributed by atoms with Crippen LogP contribution in [0.25, 0.3) is 0 Å². The minimum Gasteiger partial charge on any atom is -0.475 e. The molecule has 0 fully saturated rings. The van der Waals surface area contributed by atoms with E-state index in [1.54, 1.807) is 0 Å². The fraction of sp³-hybridized carbons (Fsp3) is 0.300. The van der Waals surface area contributed by atoms with Crippen LogP contribution in [0.4, 0.5) is 30.7 Å². The maximum atomic E-state index is 12.9. The van der Waals surface area contributed by atoms with Crippen molar-refractivity contribution in [2.75, 3.05) is 0 Å². The van der Waals surface area contributed by atoms with Crippen LogP contribution in [-0.4, -0.2) is 17.3 Å². The molecule has 114 valence electrons. The number of carbonyl (C=O) groups is 1. The molecule has 0 aliphatic heterocycles. The summed E-state index contributed by atoms with van der Waals surface area (Å²) in [6.45, 7) is 0. The van der Waals surface area contributed by atoms with E-state index in [0.29, 0.717) is 0 Å². The highest BCUT2D eigenvalue weighted by Gasteiger charge is 2.38. The van der Waals surface area contributed by atoms with Gasteiger partial charge in [-0.25, -0.2) is 9.18 Å². The van der Waals surface area contributed by atoms with E-state index < -0.39 is 29.7 Å². The summed E-state index contributed by atoms with van der Waals surface area (Å²) >= 11 is 2.81. The molecule has 0 aliphatic carbocycles. The van der Waals surface area contributed by atoms with Gasteiger partial charge in [0.05, 0.1) is 5.56 Å². The van der Waals surface area contributed by atoms with E-state index in [0.717, 1.165) is 18.2 Å². The summed E-state index contributed by atoms with van der Waals surface area (Å²) in [6, 6.07) is 2.91. The SMILES string of the molecule is Fc1cccc(C(F)(F)F)c1CBr.O=C(O)C(F)(F)F. The Morgan fingerprint density at radius 1 is 1.15 bits per heavy atom. The molecule has 0 amide bonds. The minimum absolute atomic E-state index is 0.144. The highest BCUT2D eigenvalue weighted by Crippen LogP contribution is 2.33. The maximum Gasteiger partial charge on any atom is 0.490 e. The van der Waals surface area contributed by atoms with E-state index in [-0.39, 0.29) is 10.9 Å². The first-order valence-electron chi connectivity index (χ1n) is 4.62. The average Bonchev–Trinajstić information content (AvgIpc) is 2.27. The van der Waals surface area contributed by atoms with Gasteiger partial charge in [0.1, 0.15) is 5.82 Å². The number of alkyl halides is 7. The number of halogens is 8. The third kappa shape index (κ3) is 5.76. The van der Waals surface area contributed by atoms with Crippen molar-refractivity contribution in [2.45, 2.75) is 17.7 Å². The molecule has 2 nitrogen and oxygen atoms in total. The van der Waals surface area contributed by atoms with Gasteiger partial charge in [0.2, 0.25) is 0 Å². The molecule has 1 aromatic carbocycles. The summed E-state index contributed by atoms with van der Waals surface area (Å²) in [5, 5.41) is 6.98. The summed E-state index contributed by atoms with van der Waals surface area (Å²) in [4.78, 5) is 8.90. The Labute approximate surface area is 116 Å². The van der Waals surface area contributed by atoms with Crippen molar-refractivity contribution in [2.24, 2.45) is 0 Å². The first-order valence-corrected chi connectivity index (χ1v) is 5.74. The number of carboxylic acid groups (broad SMARTS) is 1. The Hall–Kier alpha value is -1.32. The monoisotopic (exact) mass is 370 g/mol. The molecule has 0 heterocycles. The smallest absolute Gasteiger partial charge is 0.475 e. The molecule has 0 spiro atoms. The van der Waals surface area contributed by atoms with Crippen LogP contribution in [-0.2, 0) is 16.3 Å². The molecule has 0 unspecified atom stereocenters. The summed E-state index contributed by atoms with van der Waals surface area (Å²) in [6.07, 6.45) is -9.58. The van der Waals surface area contributed by atoms with E-state index in [4.69, 9.17) is 9.90 Å². The molecule has 0 aromatic heterocycles. The van der Waals surface area contributed by atoms with Gasteiger partial charge in [-0.1, -0.05) is 22.0 Å². The lowest BCUT2D eigenvalue weighted by molar-refractivity contribution is -0.192. The zero-order valence-electron chi connectivity index (χ0n) is 9.32. The van der Waals surface area contributed by atoms with Crippen molar-refractivity contribution in [3.05, 3.63) is 35.1 Å². The molecule has 0 radical (unpaired) electrons. The molecule has 0 bridgehead atoms. The van der Waals surface area contributed by atoms with Crippen LogP contribution < -0.4 is 0 Å². The number of benzene rings is 1. The first kappa shape index (κ1) is 18.7. The summed E-state index contributed by atoms with van der Waals surface area (Å²) in [5.74, 6) is -3.60. The fourth-order valence-electron chi connectivity index (χ4n) is 0.960. The summed E-state index contributed by atoms with van der Waals surface area (Å²) in [5.41, 5.74) is -1.28. The first-order chi connectivity index (χ1) is 8.91. The van der Waals surface area contributed by atoms with Gasteiger partial charge in [-0.2, -0.15) is 26.3 Å². The van der Waals surface area contributed by atoms with Crippen molar-refractivity contribution < 1.29 is 40.6 Å². The lowest BCUT2D eigenvalue weighted by atomic mass is 10.1. The van der Waals surface area contributed by atoms with Gasteiger partial charge in [-0.15, -0.1) is 0 Å². The van der Waals surface area contributed by atoms with E-state index in [9.17, 15) is 30.7 Å². The Balaban J connectivity index is 0.000000441. The van der Waals surface area contributed by atoms with E-state index in [1.165, 1.54) is 0 Å². The third-order valence-electron chi connectivity index (χ3n) is 1.80. The van der Waals surface area contributed by atoms with Crippen LogP contribution in [0.1, 0.15) is 11.1 Å². The number of rotatable bonds is 1. The Morgan fingerprint density at radius 3 is 1.85 bits per heavy atom. The quantitative estimate of drug-likeness (QED) is 0.588. The standard InChI is InChI=1S/C8H5BrF4.C2HF3O2/c9-4-5-6(8(11,12)13)2-1-3-7(5)10;3-2(4,5)1(6)7/h1-3H,4H2;(H,6,7). The number of aliphatic carboxylic acids is 1. The number of carboxylic acids is 1. The number of hydrogen-bond acceptors (Lipinski definition) is 1. The molecule has 1 rings (SSSR count). The van der Waals surface area contributed by atoms with E-state index >= 15 is 0 Å². The molecule has 1 aromatic rings. The van der Waals surface area contributed by atoms with Crippen molar-refractivity contribution in [1.82, 2.24) is 0 Å². The predicted molar refractivity (Wildman–Crippen MR) is 57.7 cm³/mol. The Morgan fingerprint density at radius 2 is 1.60 bits per heavy atom. The van der Waals surface area contributed by atoms with Crippen molar-refractivity contribution in [1.29, 1.82) is 0 Å². The molecule has 0 saturated carbocycles. The molecule has 0 atom stereocenters. The highest BCUT2D eigenvalue weighted by molar-refractivity contribution is 9.08. The normalized spacial score (nSPS) is 11.6. The van der Waals surface area contributed by atoms with Crippen LogP contribution in [0.15, 0.2) is 18.2 Å². The summed E-state index contributed by atoms with van der Waals surface area (Å²) < 4.78 is 81.3. The van der Waals surface area contributed by atoms with E-state index in [2.05, 4.69) is 15.9 Å². The number of hydrogen-bond donors (Lipinski definition) is 1. The van der Waals surface area contributed by atoms with Gasteiger partial charge in [0.25, 0.3) is 0 Å². The van der Waals surface area contributed by atoms with Crippen LogP contribution in [0, 0.1) is 5.82 Å². The van der Waals surface area contributed by atoms with Gasteiger partial charge in [0, 0.05) is 10.9 Å². The van der Waals surface area contributed by atoms with Gasteiger partial charge in [-0.05, 0) is 12.1 Å². The lowest BCUT2D eigenvalue weighted by Crippen LogP contribution is -2.21. The Bertz CT molecular complexity index is 468. The predicted octanol–water partition coefficient (Wildman–Crippen LogP) is 4.37. The zero-order chi connectivity index (χ0) is 16.1. The second-order valence-electron chi connectivity index (χ2n) is 3.20. The molecule has 10 heteroatoms. The van der Waals surface area contributed by atoms with Crippen molar-refractivity contribution in [3.8, 4) is 0 Å². The largest absolute Gasteiger partial charge is 0.490 e. The van der Waals surface area contributed by atoms with Crippen LogP contribution in [0.3, 0.4) is 0 Å². The second kappa shape index (κ2) is 6.91. The molecule has 1 N–H and O–H groups in total. The van der Waals surface area contributed by atoms with E-state index in [1.807, 2.05) is 0 Å². The van der Waals surface area contributed by atoms with Gasteiger partial charge < -0.3 is 5.11 Å². The Kier molecular flexibility index (Phi) is 6.45. The fourth-order valence-corrected chi connectivity index (χ4v) is 1.53. The molecular weight excluding hydrogens is 365 g/mol. The lowest BCUT2D eigenvalue weighted by Gasteiger charge is -2.11. The molecule has 20 heavy (non-hydrogen) atoms. The molecule has 0 aliphatic rings. The van der Waals surface area contributed by atoms with Crippen molar-refractivity contribution >= 4 is 21.9 Å². The average molecular weight is 371 g/mol. The molecular formula is C10H6BrF7O2. The molecule has 0 saturated heterocycles. The third-order valence-corrected chi connectivity index (χ3v) is 2.36. The summed E-state index contributed by atoms with van der Waals surface area (Å²) in [7, 11) is 0. The van der Waals surface area contributed by atoms with Crippen LogP contribution in [0.2, 0.25) is 0 Å². The van der Waals surface area contributed by atoms with Gasteiger partial charge in [-0.3, -0.25) is 0 Å². The van der Waals surface area contributed by atoms with Gasteiger partial charge in [0.15, 0.2) is 0 Å². The zero-order valence-corrected chi connectivity index (χ0v) is 10.9. The van der Waals surface area contributed by atoms with Gasteiger partial charge >= 0.3 is 18.3 Å². The van der Waals surface area contributed by atoms with Crippen LogP contribution in [0.5, 0.6) is 0 Å². The van der Waals surface area contributed by atoms with Crippen LogP contribution >= 0.6 is 15.9 Å². The van der Waals surface area contributed by atoms with Crippen molar-refractivity contribution in [3.63, 3.8) is 0 Å². The topological polar surface area (TPSA) is 37.3 Å². The second-order valence-corrected chi connectivity index (χ2v) is 3.76. The highest BCUT2D eigenvalue weighted by atomic mass is 79.9.